The van der Waals surface area contributed by atoms with Gasteiger partial charge in [-0.1, -0.05) is 25.7 Å². The van der Waals surface area contributed by atoms with Crippen molar-refractivity contribution in [1.82, 2.24) is 9.97 Å². The van der Waals surface area contributed by atoms with Crippen molar-refractivity contribution in [2.24, 2.45) is 0 Å². The first-order valence-electron chi connectivity index (χ1n) is 7.10. The van der Waals surface area contributed by atoms with Crippen molar-refractivity contribution in [3.63, 3.8) is 0 Å². The summed E-state index contributed by atoms with van der Waals surface area (Å²) in [6, 6.07) is 0. The minimum absolute atomic E-state index is 0.563. The van der Waals surface area contributed by atoms with Crippen LogP contribution in [0.2, 0.25) is 0 Å². The van der Waals surface area contributed by atoms with E-state index in [0.717, 1.165) is 42.9 Å². The number of rotatable bonds is 4. The maximum atomic E-state index is 10.6. The summed E-state index contributed by atoms with van der Waals surface area (Å²) >= 11 is 0. The van der Waals surface area contributed by atoms with Crippen LogP contribution in [0.3, 0.4) is 0 Å². The molecule has 0 atom stereocenters. The van der Waals surface area contributed by atoms with E-state index in [9.17, 15) is 5.11 Å². The van der Waals surface area contributed by atoms with Crippen LogP contribution in [0.25, 0.3) is 0 Å². The van der Waals surface area contributed by atoms with E-state index in [2.05, 4.69) is 20.6 Å². The van der Waals surface area contributed by atoms with Crippen molar-refractivity contribution in [3.05, 3.63) is 11.9 Å². The summed E-state index contributed by atoms with van der Waals surface area (Å²) in [4.78, 5) is 8.41. The Morgan fingerprint density at radius 1 is 1.16 bits per heavy atom. The topological polar surface area (TPSA) is 70.1 Å². The Kier molecular flexibility index (Phi) is 4.58. The van der Waals surface area contributed by atoms with Gasteiger partial charge in [-0.3, -0.25) is 0 Å². The zero-order valence-electron chi connectivity index (χ0n) is 11.9. The Hall–Kier alpha value is -1.36. The molecule has 5 heteroatoms. The van der Waals surface area contributed by atoms with E-state index in [1.165, 1.54) is 19.2 Å². The molecule has 0 saturated heterocycles. The first-order valence-corrected chi connectivity index (χ1v) is 7.10. The third-order valence-electron chi connectivity index (χ3n) is 3.94. The van der Waals surface area contributed by atoms with E-state index in [1.54, 1.807) is 0 Å². The second kappa shape index (κ2) is 6.19. The molecule has 19 heavy (non-hydrogen) atoms. The fourth-order valence-corrected chi connectivity index (χ4v) is 2.69. The van der Waals surface area contributed by atoms with Crippen LogP contribution >= 0.6 is 0 Å². The molecule has 3 N–H and O–H groups in total. The van der Waals surface area contributed by atoms with Gasteiger partial charge in [0, 0.05) is 19.2 Å². The predicted octanol–water partition coefficient (Wildman–Crippen LogP) is 2.32. The minimum Gasteiger partial charge on any atom is -0.388 e. The quantitative estimate of drug-likeness (QED) is 0.728. The van der Waals surface area contributed by atoms with Crippen molar-refractivity contribution >= 4 is 11.6 Å². The fourth-order valence-electron chi connectivity index (χ4n) is 2.69. The lowest BCUT2D eigenvalue weighted by Gasteiger charge is -2.27. The van der Waals surface area contributed by atoms with E-state index >= 15 is 0 Å². The summed E-state index contributed by atoms with van der Waals surface area (Å²) in [6.07, 6.45) is 7.99. The SMILES string of the molecule is CNc1ncnc(NCC2(O)CCCCCC2)c1C. The Morgan fingerprint density at radius 2 is 1.79 bits per heavy atom. The molecular formula is C14H24N4O. The van der Waals surface area contributed by atoms with Gasteiger partial charge in [-0.25, -0.2) is 9.97 Å². The number of hydrogen-bond donors (Lipinski definition) is 3. The van der Waals surface area contributed by atoms with Crippen molar-refractivity contribution in [1.29, 1.82) is 0 Å². The van der Waals surface area contributed by atoms with Crippen molar-refractivity contribution < 1.29 is 5.11 Å². The first-order chi connectivity index (χ1) is 9.14. The number of aliphatic hydroxyl groups is 1. The molecule has 1 aromatic heterocycles. The average Bonchev–Trinajstić information content (AvgIpc) is 2.63. The molecule has 5 nitrogen and oxygen atoms in total. The molecule has 1 aliphatic rings. The molecule has 2 rings (SSSR count). The molecule has 1 aromatic rings. The number of aromatic nitrogens is 2. The first kappa shape index (κ1) is 14.1. The van der Waals surface area contributed by atoms with E-state index < -0.39 is 5.60 Å². The number of nitrogens with zero attached hydrogens (tertiary/aromatic N) is 2. The van der Waals surface area contributed by atoms with Crippen LogP contribution in [0.5, 0.6) is 0 Å². The van der Waals surface area contributed by atoms with Gasteiger partial charge in [0.25, 0.3) is 0 Å². The second-order valence-electron chi connectivity index (χ2n) is 5.44. The van der Waals surface area contributed by atoms with Gasteiger partial charge in [-0.15, -0.1) is 0 Å². The van der Waals surface area contributed by atoms with Crippen molar-refractivity contribution in [2.75, 3.05) is 24.2 Å². The molecule has 0 radical (unpaired) electrons. The maximum Gasteiger partial charge on any atom is 0.134 e. The molecule has 0 spiro atoms. The number of hydrogen-bond acceptors (Lipinski definition) is 5. The Labute approximate surface area is 114 Å². The fraction of sp³-hybridized carbons (Fsp3) is 0.714. The molecule has 1 fully saturated rings. The van der Waals surface area contributed by atoms with E-state index in [-0.39, 0.29) is 0 Å². The molecular weight excluding hydrogens is 240 g/mol. The highest BCUT2D eigenvalue weighted by atomic mass is 16.3. The van der Waals surface area contributed by atoms with E-state index in [4.69, 9.17) is 0 Å². The van der Waals surface area contributed by atoms with Gasteiger partial charge in [-0.2, -0.15) is 0 Å². The standard InChI is InChI=1S/C14H24N4O/c1-11-12(15-2)17-10-18-13(11)16-9-14(19)7-5-3-4-6-8-14/h10,19H,3-9H2,1-2H3,(H2,15,16,17,18). The maximum absolute atomic E-state index is 10.6. The van der Waals surface area contributed by atoms with Gasteiger partial charge in [0.05, 0.1) is 5.60 Å². The Bertz CT molecular complexity index is 414. The molecule has 1 saturated carbocycles. The highest BCUT2D eigenvalue weighted by molar-refractivity contribution is 5.56. The zero-order chi connectivity index (χ0) is 13.7. The highest BCUT2D eigenvalue weighted by Gasteiger charge is 2.28. The lowest BCUT2D eigenvalue weighted by molar-refractivity contribution is 0.0380. The summed E-state index contributed by atoms with van der Waals surface area (Å²) in [7, 11) is 1.85. The lowest BCUT2D eigenvalue weighted by Crippen LogP contribution is -2.36. The summed E-state index contributed by atoms with van der Waals surface area (Å²) in [5, 5.41) is 16.9. The highest BCUT2D eigenvalue weighted by Crippen LogP contribution is 2.28. The monoisotopic (exact) mass is 264 g/mol. The normalized spacial score (nSPS) is 18.7. The second-order valence-corrected chi connectivity index (χ2v) is 5.44. The summed E-state index contributed by atoms with van der Waals surface area (Å²) in [5.41, 5.74) is 0.399. The molecule has 1 aliphatic carbocycles. The molecule has 0 unspecified atom stereocenters. The van der Waals surface area contributed by atoms with Crippen LogP contribution < -0.4 is 10.6 Å². The van der Waals surface area contributed by atoms with E-state index in [1.807, 2.05) is 14.0 Å². The van der Waals surface area contributed by atoms with Crippen LogP contribution in [0.15, 0.2) is 6.33 Å². The molecule has 0 bridgehead atoms. The smallest absolute Gasteiger partial charge is 0.134 e. The summed E-state index contributed by atoms with van der Waals surface area (Å²) in [6.45, 7) is 2.54. The molecule has 1 heterocycles. The average molecular weight is 264 g/mol. The number of nitrogens with one attached hydrogen (secondary N) is 2. The third kappa shape index (κ3) is 3.56. The minimum atomic E-state index is -0.590. The zero-order valence-corrected chi connectivity index (χ0v) is 11.9. The molecule has 106 valence electrons. The van der Waals surface area contributed by atoms with Gasteiger partial charge in [-0.05, 0) is 19.8 Å². The Morgan fingerprint density at radius 3 is 2.42 bits per heavy atom. The van der Waals surface area contributed by atoms with Crippen molar-refractivity contribution in [3.8, 4) is 0 Å². The van der Waals surface area contributed by atoms with Crippen molar-refractivity contribution in [2.45, 2.75) is 51.0 Å². The van der Waals surface area contributed by atoms with Crippen LogP contribution in [-0.2, 0) is 0 Å². The summed E-state index contributed by atoms with van der Waals surface area (Å²) < 4.78 is 0. The van der Waals surface area contributed by atoms with E-state index in [0.29, 0.717) is 6.54 Å². The number of anilines is 2. The van der Waals surface area contributed by atoms with Crippen LogP contribution in [-0.4, -0.2) is 34.3 Å². The van der Waals surface area contributed by atoms with Gasteiger partial charge >= 0.3 is 0 Å². The molecule has 0 amide bonds. The lowest BCUT2D eigenvalue weighted by atomic mass is 9.94. The van der Waals surface area contributed by atoms with Gasteiger partial charge in [0.2, 0.25) is 0 Å². The predicted molar refractivity (Wildman–Crippen MR) is 77.5 cm³/mol. The van der Waals surface area contributed by atoms with Crippen LogP contribution in [0.1, 0.15) is 44.1 Å². The summed E-state index contributed by atoms with van der Waals surface area (Å²) in [5.74, 6) is 1.63. The van der Waals surface area contributed by atoms with Gasteiger partial charge in [0.1, 0.15) is 18.0 Å². The van der Waals surface area contributed by atoms with Gasteiger partial charge < -0.3 is 15.7 Å². The van der Waals surface area contributed by atoms with Crippen LogP contribution in [0, 0.1) is 6.92 Å². The Balaban J connectivity index is 2.01. The third-order valence-corrected chi connectivity index (χ3v) is 3.94. The molecule has 0 aliphatic heterocycles. The van der Waals surface area contributed by atoms with Gasteiger partial charge in [0.15, 0.2) is 0 Å². The molecule has 0 aromatic carbocycles. The van der Waals surface area contributed by atoms with Crippen LogP contribution in [0.4, 0.5) is 11.6 Å². The largest absolute Gasteiger partial charge is 0.388 e.